The van der Waals surface area contributed by atoms with Crippen LogP contribution in [0.15, 0.2) is 6.33 Å². The van der Waals surface area contributed by atoms with Gasteiger partial charge in [-0.1, -0.05) is 0 Å². The number of aliphatic hydroxyl groups is 1. The van der Waals surface area contributed by atoms with E-state index in [2.05, 4.69) is 15.4 Å². The molecule has 17 heavy (non-hydrogen) atoms. The number of rotatable bonds is 5. The molecule has 1 aliphatic rings. The van der Waals surface area contributed by atoms with E-state index in [1.807, 2.05) is 11.6 Å². The molecule has 1 saturated heterocycles. The van der Waals surface area contributed by atoms with Crippen molar-refractivity contribution in [1.82, 2.24) is 20.1 Å². The molecule has 96 valence electrons. The van der Waals surface area contributed by atoms with Crippen LogP contribution in [0.4, 0.5) is 0 Å². The summed E-state index contributed by atoms with van der Waals surface area (Å²) in [5, 5.41) is 17.6. The highest BCUT2D eigenvalue weighted by molar-refractivity contribution is 4.87. The summed E-state index contributed by atoms with van der Waals surface area (Å²) in [5.41, 5.74) is -0.630. The molecular formula is C11H20N4O2. The molecule has 1 aromatic heterocycles. The Morgan fingerprint density at radius 2 is 2.29 bits per heavy atom. The number of nitrogens with zero attached hydrogens (tertiary/aromatic N) is 3. The van der Waals surface area contributed by atoms with E-state index in [-0.39, 0.29) is 0 Å². The fourth-order valence-electron chi connectivity index (χ4n) is 2.02. The number of aromatic nitrogens is 3. The summed E-state index contributed by atoms with van der Waals surface area (Å²) >= 11 is 0. The van der Waals surface area contributed by atoms with E-state index in [0.717, 1.165) is 12.4 Å². The summed E-state index contributed by atoms with van der Waals surface area (Å²) in [6, 6.07) is 0. The molecule has 0 atom stereocenters. The topological polar surface area (TPSA) is 72.2 Å². The second kappa shape index (κ2) is 5.57. The maximum Gasteiger partial charge on any atom is 0.140 e. The molecular weight excluding hydrogens is 220 g/mol. The number of nitrogens with one attached hydrogen (secondary N) is 1. The van der Waals surface area contributed by atoms with Gasteiger partial charge in [-0.15, -0.1) is 0 Å². The molecule has 1 fully saturated rings. The van der Waals surface area contributed by atoms with E-state index in [4.69, 9.17) is 4.74 Å². The maximum atomic E-state index is 10.2. The molecule has 0 bridgehead atoms. The van der Waals surface area contributed by atoms with Gasteiger partial charge in [0.15, 0.2) is 0 Å². The van der Waals surface area contributed by atoms with Crippen molar-refractivity contribution in [2.75, 3.05) is 19.8 Å². The number of ether oxygens (including phenoxy) is 1. The second-order valence-corrected chi connectivity index (χ2v) is 4.43. The molecule has 1 aromatic rings. The first-order valence-electron chi connectivity index (χ1n) is 6.11. The van der Waals surface area contributed by atoms with E-state index in [9.17, 15) is 5.11 Å². The van der Waals surface area contributed by atoms with E-state index >= 15 is 0 Å². The Morgan fingerprint density at radius 3 is 3.00 bits per heavy atom. The molecule has 0 saturated carbocycles. The minimum absolute atomic E-state index is 0.576. The number of hydrogen-bond donors (Lipinski definition) is 2. The first kappa shape index (κ1) is 12.5. The predicted molar refractivity (Wildman–Crippen MR) is 62.4 cm³/mol. The average Bonchev–Trinajstić information content (AvgIpc) is 2.77. The van der Waals surface area contributed by atoms with Gasteiger partial charge >= 0.3 is 0 Å². The van der Waals surface area contributed by atoms with E-state index in [0.29, 0.717) is 39.1 Å². The fourth-order valence-corrected chi connectivity index (χ4v) is 2.02. The first-order chi connectivity index (χ1) is 8.23. The van der Waals surface area contributed by atoms with Crippen LogP contribution in [0.5, 0.6) is 0 Å². The fraction of sp³-hybridized carbons (Fsp3) is 0.818. The summed E-state index contributed by atoms with van der Waals surface area (Å²) in [6.45, 7) is 5.34. The summed E-state index contributed by atoms with van der Waals surface area (Å²) in [6.07, 6.45) is 2.95. The zero-order valence-electron chi connectivity index (χ0n) is 10.2. The molecule has 0 aromatic carbocycles. The molecule has 0 aliphatic carbocycles. The quantitative estimate of drug-likeness (QED) is 0.753. The van der Waals surface area contributed by atoms with Crippen LogP contribution in [0.3, 0.4) is 0 Å². The Morgan fingerprint density at radius 1 is 1.53 bits per heavy atom. The Balaban J connectivity index is 1.79. The van der Waals surface area contributed by atoms with Crippen molar-refractivity contribution in [2.24, 2.45) is 0 Å². The average molecular weight is 240 g/mol. The minimum atomic E-state index is -0.630. The van der Waals surface area contributed by atoms with Gasteiger partial charge in [0.2, 0.25) is 0 Å². The molecule has 6 heteroatoms. The lowest BCUT2D eigenvalue weighted by Gasteiger charge is -2.32. The van der Waals surface area contributed by atoms with Gasteiger partial charge in [-0.25, -0.2) is 9.67 Å². The van der Waals surface area contributed by atoms with Crippen LogP contribution >= 0.6 is 0 Å². The molecule has 2 N–H and O–H groups in total. The highest BCUT2D eigenvalue weighted by atomic mass is 16.5. The monoisotopic (exact) mass is 240 g/mol. The molecule has 0 radical (unpaired) electrons. The largest absolute Gasteiger partial charge is 0.388 e. The van der Waals surface area contributed by atoms with Gasteiger partial charge in [-0.2, -0.15) is 5.10 Å². The van der Waals surface area contributed by atoms with Crippen molar-refractivity contribution in [3.05, 3.63) is 12.2 Å². The van der Waals surface area contributed by atoms with Gasteiger partial charge in [0.1, 0.15) is 12.2 Å². The summed E-state index contributed by atoms with van der Waals surface area (Å²) in [7, 11) is 0. The first-order valence-corrected chi connectivity index (χ1v) is 6.11. The molecule has 0 spiro atoms. The van der Waals surface area contributed by atoms with Crippen LogP contribution < -0.4 is 5.32 Å². The van der Waals surface area contributed by atoms with Crippen molar-refractivity contribution in [2.45, 2.75) is 38.5 Å². The standard InChI is InChI=1S/C11H20N4O2/c1-2-15-10(13-9-14-15)7-12-8-11(16)3-5-17-6-4-11/h9,12,16H,2-8H2,1H3. The van der Waals surface area contributed by atoms with Crippen LogP contribution in [0.2, 0.25) is 0 Å². The third-order valence-corrected chi connectivity index (χ3v) is 3.16. The summed E-state index contributed by atoms with van der Waals surface area (Å²) in [5.74, 6) is 0.906. The molecule has 6 nitrogen and oxygen atoms in total. The lowest BCUT2D eigenvalue weighted by molar-refractivity contribution is -0.0617. The van der Waals surface area contributed by atoms with Crippen molar-refractivity contribution in [3.63, 3.8) is 0 Å². The molecule has 2 rings (SSSR count). The van der Waals surface area contributed by atoms with Crippen molar-refractivity contribution < 1.29 is 9.84 Å². The lowest BCUT2D eigenvalue weighted by Crippen LogP contribution is -2.45. The van der Waals surface area contributed by atoms with E-state index < -0.39 is 5.60 Å². The number of hydrogen-bond acceptors (Lipinski definition) is 5. The van der Waals surface area contributed by atoms with Gasteiger partial charge in [0.05, 0.1) is 12.1 Å². The third kappa shape index (κ3) is 3.24. The highest BCUT2D eigenvalue weighted by Gasteiger charge is 2.29. The van der Waals surface area contributed by atoms with Crippen LogP contribution in [0.1, 0.15) is 25.6 Å². The lowest BCUT2D eigenvalue weighted by atomic mass is 9.94. The van der Waals surface area contributed by atoms with Crippen molar-refractivity contribution >= 4 is 0 Å². The van der Waals surface area contributed by atoms with Crippen LogP contribution in [-0.2, 0) is 17.8 Å². The maximum absolute atomic E-state index is 10.2. The minimum Gasteiger partial charge on any atom is -0.388 e. The SMILES string of the molecule is CCn1ncnc1CNCC1(O)CCOCC1. The van der Waals surface area contributed by atoms with Crippen LogP contribution in [0.25, 0.3) is 0 Å². The van der Waals surface area contributed by atoms with E-state index in [1.54, 1.807) is 6.33 Å². The Kier molecular flexibility index (Phi) is 4.09. The highest BCUT2D eigenvalue weighted by Crippen LogP contribution is 2.19. The van der Waals surface area contributed by atoms with Gasteiger partial charge in [0.25, 0.3) is 0 Å². The molecule has 0 amide bonds. The molecule has 2 heterocycles. The summed E-state index contributed by atoms with van der Waals surface area (Å²) in [4.78, 5) is 4.18. The molecule has 1 aliphatic heterocycles. The van der Waals surface area contributed by atoms with Gasteiger partial charge < -0.3 is 15.2 Å². The summed E-state index contributed by atoms with van der Waals surface area (Å²) < 4.78 is 7.09. The zero-order valence-corrected chi connectivity index (χ0v) is 10.2. The zero-order chi connectivity index (χ0) is 12.1. The predicted octanol–water partition coefficient (Wildman–Crippen LogP) is -0.0709. The Labute approximate surface area is 101 Å². The Hall–Kier alpha value is -0.980. The van der Waals surface area contributed by atoms with Crippen molar-refractivity contribution in [3.8, 4) is 0 Å². The molecule has 0 unspecified atom stereocenters. The Bertz CT molecular complexity index is 347. The second-order valence-electron chi connectivity index (χ2n) is 4.43. The van der Waals surface area contributed by atoms with Gasteiger partial charge in [-0.05, 0) is 6.92 Å². The number of aryl methyl sites for hydroxylation is 1. The smallest absolute Gasteiger partial charge is 0.140 e. The van der Waals surface area contributed by atoms with Crippen molar-refractivity contribution in [1.29, 1.82) is 0 Å². The van der Waals surface area contributed by atoms with Crippen LogP contribution in [-0.4, -0.2) is 45.2 Å². The normalized spacial score (nSPS) is 19.4. The van der Waals surface area contributed by atoms with E-state index in [1.165, 1.54) is 0 Å². The van der Waals surface area contributed by atoms with Gasteiger partial charge in [0, 0.05) is 39.1 Å². The third-order valence-electron chi connectivity index (χ3n) is 3.16. The van der Waals surface area contributed by atoms with Gasteiger partial charge in [-0.3, -0.25) is 0 Å². The van der Waals surface area contributed by atoms with Crippen LogP contribution in [0, 0.1) is 0 Å².